The van der Waals surface area contributed by atoms with Gasteiger partial charge in [-0.25, -0.2) is 9.97 Å². The zero-order valence-electron chi connectivity index (χ0n) is 12.4. The SMILES string of the molecule is Cc1ncc(-c2nc(-c3ccccc3)cs2)c(=O)n1CC(N)=O. The summed E-state index contributed by atoms with van der Waals surface area (Å²) in [4.78, 5) is 32.4. The molecule has 2 heterocycles. The zero-order valence-corrected chi connectivity index (χ0v) is 13.2. The summed E-state index contributed by atoms with van der Waals surface area (Å²) < 4.78 is 1.27. The first-order valence-electron chi connectivity index (χ1n) is 6.92. The number of hydrogen-bond donors (Lipinski definition) is 1. The second kappa shape index (κ2) is 6.13. The Labute approximate surface area is 136 Å². The zero-order chi connectivity index (χ0) is 16.4. The largest absolute Gasteiger partial charge is 0.368 e. The van der Waals surface area contributed by atoms with Gasteiger partial charge >= 0.3 is 0 Å². The van der Waals surface area contributed by atoms with Crippen LogP contribution in [0.4, 0.5) is 0 Å². The van der Waals surface area contributed by atoms with Crippen molar-refractivity contribution in [3.63, 3.8) is 0 Å². The minimum absolute atomic E-state index is 0.192. The number of carbonyl (C=O) groups is 1. The van der Waals surface area contributed by atoms with Gasteiger partial charge in [0.2, 0.25) is 5.91 Å². The quantitative estimate of drug-likeness (QED) is 0.792. The van der Waals surface area contributed by atoms with E-state index >= 15 is 0 Å². The lowest BCUT2D eigenvalue weighted by atomic mass is 10.2. The molecule has 2 N–H and O–H groups in total. The maximum absolute atomic E-state index is 12.6. The number of hydrogen-bond acceptors (Lipinski definition) is 5. The van der Waals surface area contributed by atoms with Crippen molar-refractivity contribution in [3.8, 4) is 21.8 Å². The number of aromatic nitrogens is 3. The van der Waals surface area contributed by atoms with Gasteiger partial charge in [-0.15, -0.1) is 11.3 Å². The monoisotopic (exact) mass is 326 g/mol. The van der Waals surface area contributed by atoms with Crippen LogP contribution in [0.3, 0.4) is 0 Å². The van der Waals surface area contributed by atoms with E-state index in [1.165, 1.54) is 22.1 Å². The molecule has 2 aromatic heterocycles. The fourth-order valence-electron chi connectivity index (χ4n) is 2.20. The van der Waals surface area contributed by atoms with Crippen LogP contribution in [0.15, 0.2) is 46.7 Å². The molecule has 3 rings (SSSR count). The molecule has 116 valence electrons. The fourth-order valence-corrected chi connectivity index (χ4v) is 3.03. The Morgan fingerprint density at radius 1 is 1.30 bits per heavy atom. The third kappa shape index (κ3) is 3.04. The van der Waals surface area contributed by atoms with Gasteiger partial charge < -0.3 is 5.73 Å². The van der Waals surface area contributed by atoms with Gasteiger partial charge in [-0.2, -0.15) is 0 Å². The summed E-state index contributed by atoms with van der Waals surface area (Å²) in [6.07, 6.45) is 1.49. The highest BCUT2D eigenvalue weighted by atomic mass is 32.1. The molecule has 0 saturated carbocycles. The summed E-state index contributed by atoms with van der Waals surface area (Å²) in [6.45, 7) is 1.47. The van der Waals surface area contributed by atoms with Crippen LogP contribution in [0.2, 0.25) is 0 Å². The van der Waals surface area contributed by atoms with Gasteiger partial charge in [0.15, 0.2) is 0 Å². The molecule has 6 nitrogen and oxygen atoms in total. The lowest BCUT2D eigenvalue weighted by Crippen LogP contribution is -2.31. The van der Waals surface area contributed by atoms with Crippen molar-refractivity contribution in [2.24, 2.45) is 5.73 Å². The predicted molar refractivity (Wildman–Crippen MR) is 89.0 cm³/mol. The van der Waals surface area contributed by atoms with Crippen molar-refractivity contribution in [2.75, 3.05) is 0 Å². The molecule has 3 aromatic rings. The molecule has 0 spiro atoms. The maximum atomic E-state index is 12.6. The van der Waals surface area contributed by atoms with E-state index in [2.05, 4.69) is 9.97 Å². The van der Waals surface area contributed by atoms with Gasteiger partial charge in [0, 0.05) is 17.1 Å². The maximum Gasteiger partial charge on any atom is 0.264 e. The number of nitrogens with zero attached hydrogens (tertiary/aromatic N) is 3. The lowest BCUT2D eigenvalue weighted by molar-refractivity contribution is -0.118. The number of thiazole rings is 1. The van der Waals surface area contributed by atoms with Crippen molar-refractivity contribution in [2.45, 2.75) is 13.5 Å². The van der Waals surface area contributed by atoms with Gasteiger partial charge in [-0.1, -0.05) is 30.3 Å². The standard InChI is InChI=1S/C16H14N4O2S/c1-10-18-7-12(16(22)20(10)8-14(17)21)15-19-13(9-23-15)11-5-3-2-4-6-11/h2-7,9H,8H2,1H3,(H2,17,21). The lowest BCUT2D eigenvalue weighted by Gasteiger charge is -2.07. The molecular weight excluding hydrogens is 312 g/mol. The van der Waals surface area contributed by atoms with Crippen molar-refractivity contribution >= 4 is 17.2 Å². The highest BCUT2D eigenvalue weighted by molar-refractivity contribution is 7.13. The Kier molecular flexibility index (Phi) is 4.03. The van der Waals surface area contributed by atoms with Gasteiger partial charge in [-0.3, -0.25) is 14.2 Å². The highest BCUT2D eigenvalue weighted by Crippen LogP contribution is 2.26. The molecule has 0 bridgehead atoms. The van der Waals surface area contributed by atoms with Crippen molar-refractivity contribution < 1.29 is 4.79 Å². The summed E-state index contributed by atoms with van der Waals surface area (Å²) in [5.41, 5.74) is 7.02. The number of primary amides is 1. The molecule has 0 aliphatic heterocycles. The third-order valence-corrected chi connectivity index (χ3v) is 4.24. The molecule has 0 aliphatic rings. The first-order chi connectivity index (χ1) is 11.1. The van der Waals surface area contributed by atoms with E-state index in [0.29, 0.717) is 16.4 Å². The number of rotatable bonds is 4. The minimum atomic E-state index is -0.585. The molecule has 0 radical (unpaired) electrons. The molecular formula is C16H14N4O2S. The van der Waals surface area contributed by atoms with Crippen LogP contribution in [0.25, 0.3) is 21.8 Å². The summed E-state index contributed by atoms with van der Waals surface area (Å²) in [6, 6.07) is 9.71. The van der Waals surface area contributed by atoms with Crippen LogP contribution in [0, 0.1) is 6.92 Å². The first-order valence-corrected chi connectivity index (χ1v) is 7.80. The average molecular weight is 326 g/mol. The van der Waals surface area contributed by atoms with E-state index in [9.17, 15) is 9.59 Å². The van der Waals surface area contributed by atoms with Crippen LogP contribution < -0.4 is 11.3 Å². The van der Waals surface area contributed by atoms with Gasteiger partial charge in [0.05, 0.1) is 11.3 Å². The topological polar surface area (TPSA) is 90.9 Å². The van der Waals surface area contributed by atoms with E-state index in [0.717, 1.165) is 11.3 Å². The minimum Gasteiger partial charge on any atom is -0.368 e. The smallest absolute Gasteiger partial charge is 0.264 e. The fraction of sp³-hybridized carbons (Fsp3) is 0.125. The number of carbonyl (C=O) groups excluding carboxylic acids is 1. The Bertz CT molecular complexity index is 915. The molecule has 1 aromatic carbocycles. The second-order valence-corrected chi connectivity index (χ2v) is 5.84. The molecule has 0 aliphatic carbocycles. The normalized spacial score (nSPS) is 10.7. The molecule has 23 heavy (non-hydrogen) atoms. The highest BCUT2D eigenvalue weighted by Gasteiger charge is 2.14. The van der Waals surface area contributed by atoms with Gasteiger partial charge in [0.25, 0.3) is 5.56 Å². The molecule has 1 amide bonds. The van der Waals surface area contributed by atoms with E-state index in [-0.39, 0.29) is 12.1 Å². The van der Waals surface area contributed by atoms with Crippen LogP contribution >= 0.6 is 11.3 Å². The summed E-state index contributed by atoms with van der Waals surface area (Å²) in [5, 5.41) is 2.46. The van der Waals surface area contributed by atoms with Crippen LogP contribution in [0.5, 0.6) is 0 Å². The van der Waals surface area contributed by atoms with Crippen LogP contribution in [-0.4, -0.2) is 20.4 Å². The van der Waals surface area contributed by atoms with E-state index in [1.807, 2.05) is 35.7 Å². The molecule has 0 atom stereocenters. The summed E-state index contributed by atoms with van der Waals surface area (Å²) in [5.74, 6) is -0.143. The molecule has 7 heteroatoms. The third-order valence-electron chi connectivity index (χ3n) is 3.36. The Balaban J connectivity index is 2.05. The summed E-state index contributed by atoms with van der Waals surface area (Å²) >= 11 is 1.36. The van der Waals surface area contributed by atoms with Crippen molar-refractivity contribution in [3.05, 3.63) is 58.1 Å². The number of aryl methyl sites for hydroxylation is 1. The Morgan fingerprint density at radius 3 is 2.74 bits per heavy atom. The Hall–Kier alpha value is -2.80. The average Bonchev–Trinajstić information content (AvgIpc) is 3.02. The van der Waals surface area contributed by atoms with Crippen molar-refractivity contribution in [1.29, 1.82) is 0 Å². The Morgan fingerprint density at radius 2 is 2.04 bits per heavy atom. The van der Waals surface area contributed by atoms with E-state index in [4.69, 9.17) is 5.73 Å². The van der Waals surface area contributed by atoms with Crippen LogP contribution in [-0.2, 0) is 11.3 Å². The van der Waals surface area contributed by atoms with Gasteiger partial charge in [-0.05, 0) is 6.92 Å². The second-order valence-electron chi connectivity index (χ2n) is 4.98. The van der Waals surface area contributed by atoms with E-state index < -0.39 is 5.91 Å². The molecule has 0 saturated heterocycles. The molecule has 0 unspecified atom stereocenters. The van der Waals surface area contributed by atoms with E-state index in [1.54, 1.807) is 6.92 Å². The number of nitrogens with two attached hydrogens (primary N) is 1. The first kappa shape index (κ1) is 15.1. The van der Waals surface area contributed by atoms with Crippen LogP contribution in [0.1, 0.15) is 5.82 Å². The summed E-state index contributed by atoms with van der Waals surface area (Å²) in [7, 11) is 0. The predicted octanol–water partition coefficient (Wildman–Crippen LogP) is 1.83. The van der Waals surface area contributed by atoms with Crippen molar-refractivity contribution in [1.82, 2.24) is 14.5 Å². The number of benzene rings is 1. The van der Waals surface area contributed by atoms with Gasteiger partial charge in [0.1, 0.15) is 17.4 Å². The number of amides is 1. The molecule has 0 fully saturated rings.